The lowest BCUT2D eigenvalue weighted by Crippen LogP contribution is -2.45. The van der Waals surface area contributed by atoms with Crippen LogP contribution in [0, 0.1) is 0 Å². The second-order valence-corrected chi connectivity index (χ2v) is 31.6. The maximum atomic E-state index is 12.6. The van der Waals surface area contributed by atoms with Crippen molar-refractivity contribution < 1.29 is 24.5 Å². The number of unbranched alkanes of at least 4 members (excludes halogenated alkanes) is 74. The normalized spacial score (nSPS) is 12.5. The largest absolute Gasteiger partial charge is 0.466 e. The van der Waals surface area contributed by atoms with Gasteiger partial charge in [0.1, 0.15) is 0 Å². The first-order valence-electron chi connectivity index (χ1n) is 45.6. The molecular weight excluding hydrogens is 1200 g/mol. The molecule has 1 amide bonds. The minimum Gasteiger partial charge on any atom is -0.466 e. The summed E-state index contributed by atoms with van der Waals surface area (Å²) >= 11 is 0. The summed E-state index contributed by atoms with van der Waals surface area (Å²) in [5, 5.41) is 23.3. The van der Waals surface area contributed by atoms with Crippen LogP contribution in [-0.4, -0.2) is 47.4 Å². The fraction of sp³-hybridized carbons (Fsp3) is 0.935. The van der Waals surface area contributed by atoms with Crippen LogP contribution in [0.1, 0.15) is 528 Å². The van der Waals surface area contributed by atoms with Gasteiger partial charge in [0.25, 0.3) is 0 Å². The quantitative estimate of drug-likeness (QED) is 0.0320. The highest BCUT2D eigenvalue weighted by atomic mass is 16.5. The molecule has 3 N–H and O–H groups in total. The number of rotatable bonds is 87. The van der Waals surface area contributed by atoms with E-state index in [4.69, 9.17) is 4.74 Å². The number of aliphatic hydroxyl groups is 2. The van der Waals surface area contributed by atoms with Crippen LogP contribution in [0.5, 0.6) is 0 Å². The average Bonchev–Trinajstić information content (AvgIpc) is 2.56. The highest BCUT2D eigenvalue weighted by Gasteiger charge is 2.18. The van der Waals surface area contributed by atoms with Crippen molar-refractivity contribution in [2.75, 3.05) is 13.2 Å². The molecule has 0 aromatic rings. The number of allylic oxidation sites excluding steroid dienone is 3. The van der Waals surface area contributed by atoms with Gasteiger partial charge in [0.2, 0.25) is 5.91 Å². The second kappa shape index (κ2) is 87.7. The zero-order valence-corrected chi connectivity index (χ0v) is 67.1. The summed E-state index contributed by atoms with van der Waals surface area (Å²) in [6, 6.07) is -0.626. The molecule has 0 aliphatic carbocycles. The summed E-state index contributed by atoms with van der Waals surface area (Å²) in [7, 11) is 0. The van der Waals surface area contributed by atoms with E-state index < -0.39 is 12.1 Å². The summed E-state index contributed by atoms with van der Waals surface area (Å²) in [5.41, 5.74) is 0. The summed E-state index contributed by atoms with van der Waals surface area (Å²) in [6.07, 6.45) is 115. The topological polar surface area (TPSA) is 95.9 Å². The zero-order chi connectivity index (χ0) is 70.5. The minimum atomic E-state index is -0.843. The maximum absolute atomic E-state index is 12.6. The Morgan fingerprint density at radius 3 is 0.724 bits per heavy atom. The SMILES string of the molecule is CCCCCCCCCCCCCCCCCCCCCCCC/C=C/C(O)C(CO)NC(=O)CCCCCCCCCCCCCCCCCCC/C=C\CCCCCCCCCCCCCCCCCCCCOC(=O)CCCCCCCCCCCCCCCCCCCC. The first kappa shape index (κ1) is 96.3. The number of hydrogen-bond donors (Lipinski definition) is 3. The van der Waals surface area contributed by atoms with E-state index in [9.17, 15) is 19.8 Å². The van der Waals surface area contributed by atoms with Crippen molar-refractivity contribution in [3.8, 4) is 0 Å². The third kappa shape index (κ3) is 83.3. The number of carbonyl (C=O) groups excluding carboxylic acids is 2. The van der Waals surface area contributed by atoms with Gasteiger partial charge < -0.3 is 20.3 Å². The standard InChI is InChI=1S/C92H179NO5/c1-3-5-7-9-11-13-15-17-19-21-23-24-25-43-46-49-52-56-60-64-68-72-76-80-84-90(95)89(88-94)93-91(96)85-81-77-73-69-65-61-57-53-50-47-44-41-39-37-35-33-31-29-27-26-28-30-32-34-36-38-40-42-45-48-51-55-59-63-67-71-75-79-83-87-98-92(97)86-82-78-74-70-66-62-58-54-22-20-18-16-14-12-10-8-6-4-2/h26-27,80,84,89-90,94-95H,3-25,28-79,81-83,85-88H2,1-2H3,(H,93,96)/b27-26-,84-80+. The van der Waals surface area contributed by atoms with Crippen LogP contribution in [0.15, 0.2) is 24.3 Å². The summed E-state index contributed by atoms with van der Waals surface area (Å²) in [4.78, 5) is 24.7. The predicted molar refractivity (Wildman–Crippen MR) is 435 cm³/mol. The van der Waals surface area contributed by atoms with Crippen LogP contribution in [-0.2, 0) is 14.3 Å². The van der Waals surface area contributed by atoms with E-state index in [2.05, 4.69) is 31.3 Å². The summed E-state index contributed by atoms with van der Waals surface area (Å²) < 4.78 is 5.53. The zero-order valence-electron chi connectivity index (χ0n) is 67.1. The number of esters is 1. The van der Waals surface area contributed by atoms with Crippen LogP contribution < -0.4 is 5.32 Å². The lowest BCUT2D eigenvalue weighted by molar-refractivity contribution is -0.143. The fourth-order valence-electron chi connectivity index (χ4n) is 14.8. The molecule has 0 bridgehead atoms. The van der Waals surface area contributed by atoms with E-state index in [1.54, 1.807) is 6.08 Å². The lowest BCUT2D eigenvalue weighted by atomic mass is 10.0. The Balaban J connectivity index is 3.33. The molecular formula is C92H179NO5. The molecule has 0 saturated carbocycles. The summed E-state index contributed by atoms with van der Waals surface area (Å²) in [5.74, 6) is -0.0295. The van der Waals surface area contributed by atoms with Crippen molar-refractivity contribution in [1.82, 2.24) is 5.32 Å². The van der Waals surface area contributed by atoms with E-state index in [1.165, 1.54) is 462 Å². The van der Waals surface area contributed by atoms with Crippen molar-refractivity contribution in [3.05, 3.63) is 24.3 Å². The molecule has 0 aromatic heterocycles. The number of aliphatic hydroxyl groups excluding tert-OH is 2. The van der Waals surface area contributed by atoms with E-state index >= 15 is 0 Å². The van der Waals surface area contributed by atoms with Crippen LogP contribution in [0.2, 0.25) is 0 Å². The molecule has 2 unspecified atom stereocenters. The van der Waals surface area contributed by atoms with Gasteiger partial charge in [-0.05, 0) is 57.8 Å². The van der Waals surface area contributed by atoms with Crippen LogP contribution >= 0.6 is 0 Å². The molecule has 98 heavy (non-hydrogen) atoms. The summed E-state index contributed by atoms with van der Waals surface area (Å²) in [6.45, 7) is 4.98. The third-order valence-electron chi connectivity index (χ3n) is 21.7. The van der Waals surface area contributed by atoms with Crippen LogP contribution in [0.25, 0.3) is 0 Å². The van der Waals surface area contributed by atoms with Gasteiger partial charge in [-0.15, -0.1) is 0 Å². The Hall–Kier alpha value is -1.66. The van der Waals surface area contributed by atoms with E-state index in [0.717, 1.165) is 38.5 Å². The first-order chi connectivity index (χ1) is 48.5. The fourth-order valence-corrected chi connectivity index (χ4v) is 14.8. The Kier molecular flexibility index (Phi) is 86.3. The number of nitrogens with one attached hydrogen (secondary N) is 1. The van der Waals surface area contributed by atoms with Crippen molar-refractivity contribution in [1.29, 1.82) is 0 Å². The van der Waals surface area contributed by atoms with Gasteiger partial charge in [0.15, 0.2) is 0 Å². The molecule has 582 valence electrons. The Morgan fingerprint density at radius 2 is 0.480 bits per heavy atom. The molecule has 0 saturated heterocycles. The van der Waals surface area contributed by atoms with Gasteiger partial charge in [-0.2, -0.15) is 0 Å². The van der Waals surface area contributed by atoms with Gasteiger partial charge >= 0.3 is 5.97 Å². The Bertz CT molecular complexity index is 1550. The van der Waals surface area contributed by atoms with E-state index in [-0.39, 0.29) is 18.5 Å². The number of amides is 1. The van der Waals surface area contributed by atoms with E-state index in [0.29, 0.717) is 19.4 Å². The molecule has 0 aliphatic heterocycles. The predicted octanol–water partition coefficient (Wildman–Crippen LogP) is 30.7. The van der Waals surface area contributed by atoms with Gasteiger partial charge in [0, 0.05) is 12.8 Å². The van der Waals surface area contributed by atoms with Crippen molar-refractivity contribution in [2.45, 2.75) is 540 Å². The van der Waals surface area contributed by atoms with E-state index in [1.807, 2.05) is 6.08 Å². The highest BCUT2D eigenvalue weighted by Crippen LogP contribution is 2.21. The molecule has 2 atom stereocenters. The van der Waals surface area contributed by atoms with Gasteiger partial charge in [-0.25, -0.2) is 0 Å². The molecule has 0 radical (unpaired) electrons. The monoisotopic (exact) mass is 1380 g/mol. The maximum Gasteiger partial charge on any atom is 0.305 e. The van der Waals surface area contributed by atoms with Gasteiger partial charge in [0.05, 0.1) is 25.4 Å². The molecule has 0 aromatic carbocycles. The molecule has 0 spiro atoms. The van der Waals surface area contributed by atoms with Crippen molar-refractivity contribution in [3.63, 3.8) is 0 Å². The molecule has 0 fully saturated rings. The van der Waals surface area contributed by atoms with Crippen LogP contribution in [0.4, 0.5) is 0 Å². The van der Waals surface area contributed by atoms with Crippen LogP contribution in [0.3, 0.4) is 0 Å². The molecule has 0 heterocycles. The smallest absolute Gasteiger partial charge is 0.305 e. The van der Waals surface area contributed by atoms with Gasteiger partial charge in [-0.3, -0.25) is 9.59 Å². The average molecular weight is 1380 g/mol. The number of ether oxygens (including phenoxy) is 1. The van der Waals surface area contributed by atoms with Gasteiger partial charge in [-0.1, -0.05) is 481 Å². The highest BCUT2D eigenvalue weighted by molar-refractivity contribution is 5.76. The molecule has 6 heteroatoms. The number of carbonyl (C=O) groups is 2. The molecule has 6 nitrogen and oxygen atoms in total. The Labute approximate surface area is 615 Å². The second-order valence-electron chi connectivity index (χ2n) is 31.6. The molecule has 0 aliphatic rings. The first-order valence-corrected chi connectivity index (χ1v) is 45.6. The molecule has 0 rings (SSSR count). The Morgan fingerprint density at radius 1 is 0.276 bits per heavy atom. The van der Waals surface area contributed by atoms with Crippen molar-refractivity contribution >= 4 is 11.9 Å². The third-order valence-corrected chi connectivity index (χ3v) is 21.7. The minimum absolute atomic E-state index is 0.0281. The lowest BCUT2D eigenvalue weighted by Gasteiger charge is -2.20. The number of hydrogen-bond acceptors (Lipinski definition) is 5. The van der Waals surface area contributed by atoms with Crippen molar-refractivity contribution in [2.24, 2.45) is 0 Å².